The van der Waals surface area contributed by atoms with Gasteiger partial charge < -0.3 is 28.7 Å². The van der Waals surface area contributed by atoms with Crippen molar-refractivity contribution < 1.29 is 33.3 Å². The fourth-order valence-electron chi connectivity index (χ4n) is 8.30. The summed E-state index contributed by atoms with van der Waals surface area (Å²) in [5, 5.41) is 2.70. The molecule has 2 amide bonds. The molecule has 3 aromatic rings. The summed E-state index contributed by atoms with van der Waals surface area (Å²) >= 11 is 12.9. The van der Waals surface area contributed by atoms with Gasteiger partial charge in [-0.1, -0.05) is 59.6 Å². The fraction of sp³-hybridized carbons (Fsp3) is 0.475. The number of hydrogen-bond acceptors (Lipinski definition) is 9. The lowest BCUT2D eigenvalue weighted by Gasteiger charge is -2.43. The van der Waals surface area contributed by atoms with E-state index in [1.54, 1.807) is 17.1 Å². The number of benzene rings is 3. The lowest BCUT2D eigenvalue weighted by Crippen LogP contribution is -2.57. The van der Waals surface area contributed by atoms with E-state index in [0.29, 0.717) is 84.8 Å². The molecule has 2 atom stereocenters. The number of hydrazine groups is 1. The third kappa shape index (κ3) is 7.80. The highest BCUT2D eigenvalue weighted by Gasteiger charge is 2.46. The minimum atomic E-state index is -0.751. The Labute approximate surface area is 321 Å². The average Bonchev–Trinajstić information content (AvgIpc) is 3.85. The number of rotatable bonds is 12. The Morgan fingerprint density at radius 2 is 1.51 bits per heavy atom. The van der Waals surface area contributed by atoms with Crippen LogP contribution in [-0.4, -0.2) is 106 Å². The third-order valence-electron chi connectivity index (χ3n) is 11.4. The molecule has 0 saturated carbocycles. The van der Waals surface area contributed by atoms with E-state index in [4.69, 9.17) is 42.1 Å². The average molecular weight is 768 g/mol. The van der Waals surface area contributed by atoms with E-state index in [1.807, 2.05) is 53.4 Å². The number of amides is 2. The fourth-order valence-corrected chi connectivity index (χ4v) is 8.59. The summed E-state index contributed by atoms with van der Waals surface area (Å²) in [6.07, 6.45) is 4.19. The zero-order valence-corrected chi connectivity index (χ0v) is 32.3. The van der Waals surface area contributed by atoms with E-state index in [2.05, 4.69) is 10.3 Å². The minimum Gasteiger partial charge on any atom is -0.493 e. The van der Waals surface area contributed by atoms with Crippen molar-refractivity contribution in [2.45, 2.75) is 55.4 Å². The smallest absolute Gasteiger partial charge is 0.324 e. The van der Waals surface area contributed by atoms with Gasteiger partial charge in [0.2, 0.25) is 11.7 Å². The number of carbonyl (C=O) groups is 3. The van der Waals surface area contributed by atoms with Crippen molar-refractivity contribution in [3.05, 3.63) is 87.4 Å². The summed E-state index contributed by atoms with van der Waals surface area (Å²) in [7, 11) is 5.97. The van der Waals surface area contributed by atoms with Crippen LogP contribution in [0.4, 0.5) is 0 Å². The van der Waals surface area contributed by atoms with Gasteiger partial charge in [0, 0.05) is 30.6 Å². The van der Waals surface area contributed by atoms with Crippen molar-refractivity contribution in [2.75, 3.05) is 67.7 Å². The molecule has 53 heavy (non-hydrogen) atoms. The molecule has 284 valence electrons. The number of esters is 1. The second kappa shape index (κ2) is 16.5. The third-order valence-corrected chi connectivity index (χ3v) is 12.2. The maximum Gasteiger partial charge on any atom is 0.324 e. The molecule has 0 radical (unpaired) electrons. The van der Waals surface area contributed by atoms with Crippen molar-refractivity contribution in [1.29, 1.82) is 0 Å². The predicted molar refractivity (Wildman–Crippen MR) is 203 cm³/mol. The Morgan fingerprint density at radius 3 is 2.13 bits per heavy atom. The topological polar surface area (TPSA) is 110 Å². The number of methoxy groups -OCH3 is 4. The molecule has 0 aromatic heterocycles. The lowest BCUT2D eigenvalue weighted by atomic mass is 9.71. The summed E-state index contributed by atoms with van der Waals surface area (Å²) < 4.78 is 21.5. The molecule has 2 unspecified atom stereocenters. The number of hydrogen-bond donors (Lipinski definition) is 1. The predicted octanol–water partition coefficient (Wildman–Crippen LogP) is 5.90. The minimum absolute atomic E-state index is 0.0943. The number of carbonyl (C=O) groups excluding carboxylic acids is 3. The Morgan fingerprint density at radius 1 is 0.811 bits per heavy atom. The van der Waals surface area contributed by atoms with Crippen molar-refractivity contribution >= 4 is 41.0 Å². The number of halogens is 2. The first-order chi connectivity index (χ1) is 25.6. The van der Waals surface area contributed by atoms with Gasteiger partial charge in [-0.15, -0.1) is 0 Å². The summed E-state index contributed by atoms with van der Waals surface area (Å²) in [5.74, 6) is 0.699. The maximum absolute atomic E-state index is 14.2. The Hall–Kier alpha value is -4.03. The number of nitrogens with zero attached hydrogens (tertiary/aromatic N) is 3. The first-order valence-corrected chi connectivity index (χ1v) is 18.8. The molecule has 3 aliphatic heterocycles. The van der Waals surface area contributed by atoms with Crippen LogP contribution in [0.15, 0.2) is 60.7 Å². The molecule has 3 saturated heterocycles. The van der Waals surface area contributed by atoms with Gasteiger partial charge in [0.05, 0.1) is 43.9 Å². The first-order valence-electron chi connectivity index (χ1n) is 18.1. The first kappa shape index (κ1) is 38.7. The number of ether oxygens (including phenoxy) is 4. The van der Waals surface area contributed by atoms with Crippen LogP contribution in [-0.2, 0) is 25.2 Å². The number of likely N-dealkylation sites (tertiary alicyclic amines) is 2. The van der Waals surface area contributed by atoms with Gasteiger partial charge in [-0.2, -0.15) is 0 Å². The van der Waals surface area contributed by atoms with Crippen molar-refractivity contribution in [1.82, 2.24) is 20.2 Å². The molecule has 3 aliphatic rings. The molecule has 1 N–H and O–H groups in total. The van der Waals surface area contributed by atoms with Crippen LogP contribution >= 0.6 is 23.2 Å². The van der Waals surface area contributed by atoms with E-state index in [0.717, 1.165) is 36.9 Å². The SMILES string of the molecule is COC(=O)C1CCCN1NC(=O)C1(c2ccccc2)CCN(CCC2(c3ccc(Cl)c(Cl)c3)CCN(C(=O)c3cc(OC)c(OC)c(OC)c3)C2)CC1. The zero-order chi connectivity index (χ0) is 37.8. The largest absolute Gasteiger partial charge is 0.493 e. The van der Waals surface area contributed by atoms with Crippen LogP contribution in [0, 0.1) is 0 Å². The highest BCUT2D eigenvalue weighted by Crippen LogP contribution is 2.43. The van der Waals surface area contributed by atoms with E-state index in [-0.39, 0.29) is 23.2 Å². The van der Waals surface area contributed by atoms with Crippen LogP contribution in [0.5, 0.6) is 17.2 Å². The van der Waals surface area contributed by atoms with Gasteiger partial charge in [0.1, 0.15) is 6.04 Å². The van der Waals surface area contributed by atoms with Gasteiger partial charge in [0.15, 0.2) is 11.5 Å². The molecule has 11 nitrogen and oxygen atoms in total. The summed E-state index contributed by atoms with van der Waals surface area (Å²) in [6, 6.07) is 18.6. The normalized spacial score (nSPS) is 21.6. The van der Waals surface area contributed by atoms with E-state index in [9.17, 15) is 14.4 Å². The Balaban J connectivity index is 1.20. The Bertz CT molecular complexity index is 1780. The van der Waals surface area contributed by atoms with Crippen molar-refractivity contribution in [3.8, 4) is 17.2 Å². The second-order valence-electron chi connectivity index (χ2n) is 14.2. The molecule has 0 spiro atoms. The highest BCUT2D eigenvalue weighted by atomic mass is 35.5. The monoisotopic (exact) mass is 766 g/mol. The van der Waals surface area contributed by atoms with Gasteiger partial charge in [0.25, 0.3) is 5.91 Å². The number of nitrogens with one attached hydrogen (secondary N) is 1. The van der Waals surface area contributed by atoms with Gasteiger partial charge >= 0.3 is 5.97 Å². The van der Waals surface area contributed by atoms with Crippen LogP contribution in [0.3, 0.4) is 0 Å². The summed E-state index contributed by atoms with van der Waals surface area (Å²) in [5.41, 5.74) is 4.44. The molecular formula is C40H48Cl2N4O7. The van der Waals surface area contributed by atoms with E-state index in [1.165, 1.54) is 28.4 Å². The lowest BCUT2D eigenvalue weighted by molar-refractivity contribution is -0.149. The second-order valence-corrected chi connectivity index (χ2v) is 15.0. The van der Waals surface area contributed by atoms with E-state index >= 15 is 0 Å². The molecular weight excluding hydrogens is 719 g/mol. The highest BCUT2D eigenvalue weighted by molar-refractivity contribution is 6.42. The molecule has 6 rings (SSSR count). The van der Waals surface area contributed by atoms with Crippen molar-refractivity contribution in [3.63, 3.8) is 0 Å². The van der Waals surface area contributed by atoms with Crippen molar-refractivity contribution in [2.24, 2.45) is 0 Å². The molecule has 3 heterocycles. The van der Waals surface area contributed by atoms with Crippen LogP contribution in [0.2, 0.25) is 10.0 Å². The standard InChI is InChI=1S/C40H48Cl2N4O7/c1-50-33-23-27(24-34(51-2)35(33)52-3)36(47)45-22-15-39(26-45,29-12-13-30(41)31(42)25-29)14-19-44-20-16-40(17-21-44,28-9-6-5-7-10-28)38(49)43-46-18-8-11-32(46)37(48)53-4/h5-7,9-10,12-13,23-25,32H,8,11,14-22,26H2,1-4H3,(H,43,49). The summed E-state index contributed by atoms with van der Waals surface area (Å²) in [6.45, 7) is 3.80. The van der Waals surface area contributed by atoms with Crippen LogP contribution in [0.25, 0.3) is 0 Å². The van der Waals surface area contributed by atoms with Gasteiger partial charge in [-0.05, 0) is 93.6 Å². The maximum atomic E-state index is 14.2. The number of piperidine rings is 1. The van der Waals surface area contributed by atoms with E-state index < -0.39 is 11.5 Å². The summed E-state index contributed by atoms with van der Waals surface area (Å²) in [4.78, 5) is 45.0. The Kier molecular flexibility index (Phi) is 12.1. The van der Waals surface area contributed by atoms with Crippen LogP contribution < -0.4 is 19.6 Å². The molecule has 3 fully saturated rings. The quantitative estimate of drug-likeness (QED) is 0.226. The zero-order valence-electron chi connectivity index (χ0n) is 30.8. The van der Waals surface area contributed by atoms with Gasteiger partial charge in [-0.25, -0.2) is 5.01 Å². The molecule has 3 aromatic carbocycles. The molecule has 13 heteroatoms. The van der Waals surface area contributed by atoms with Crippen LogP contribution in [0.1, 0.15) is 60.0 Å². The molecule has 0 bridgehead atoms. The van der Waals surface area contributed by atoms with Gasteiger partial charge in [-0.3, -0.25) is 19.8 Å². The molecule has 0 aliphatic carbocycles.